The van der Waals surface area contributed by atoms with Crippen molar-refractivity contribution in [2.75, 3.05) is 0 Å². The molecule has 0 amide bonds. The Balaban J connectivity index is 2.77. The van der Waals surface area contributed by atoms with Crippen molar-refractivity contribution in [1.29, 1.82) is 0 Å². The summed E-state index contributed by atoms with van der Waals surface area (Å²) in [6.45, 7) is 4.23. The Morgan fingerprint density at radius 3 is 2.46 bits per heavy atom. The highest BCUT2D eigenvalue weighted by Crippen LogP contribution is 2.26. The normalized spacial score (nSPS) is 23.4. The molecule has 0 aromatic rings. The van der Waals surface area contributed by atoms with Gasteiger partial charge in [-0.25, -0.2) is 8.42 Å². The van der Waals surface area contributed by atoms with E-state index in [0.29, 0.717) is 11.8 Å². The van der Waals surface area contributed by atoms with Crippen molar-refractivity contribution in [2.24, 2.45) is 11.8 Å². The van der Waals surface area contributed by atoms with Crippen molar-refractivity contribution >= 4 is 19.7 Å². The SMILES string of the molecule is CC(C)C1C=CC(S(=O)(=O)Cl)=CC1. The summed E-state index contributed by atoms with van der Waals surface area (Å²) in [4.78, 5) is 0.228. The second kappa shape index (κ2) is 3.84. The Morgan fingerprint density at radius 1 is 1.54 bits per heavy atom. The van der Waals surface area contributed by atoms with Gasteiger partial charge in [0.15, 0.2) is 0 Å². The second-order valence-corrected chi connectivity index (χ2v) is 6.11. The quantitative estimate of drug-likeness (QED) is 0.671. The van der Waals surface area contributed by atoms with E-state index in [1.165, 1.54) is 0 Å². The van der Waals surface area contributed by atoms with Crippen molar-refractivity contribution in [3.8, 4) is 0 Å². The van der Waals surface area contributed by atoms with Crippen molar-refractivity contribution < 1.29 is 8.42 Å². The predicted octanol–water partition coefficient (Wildman–Crippen LogP) is 2.67. The van der Waals surface area contributed by atoms with Gasteiger partial charge in [-0.3, -0.25) is 0 Å². The Labute approximate surface area is 83.7 Å². The van der Waals surface area contributed by atoms with Crippen LogP contribution in [0, 0.1) is 11.8 Å². The molecule has 0 radical (unpaired) electrons. The van der Waals surface area contributed by atoms with E-state index in [-0.39, 0.29) is 4.91 Å². The summed E-state index contributed by atoms with van der Waals surface area (Å²) in [7, 11) is 1.66. The molecular weight excluding hydrogens is 208 g/mol. The molecule has 1 atom stereocenters. The van der Waals surface area contributed by atoms with Gasteiger partial charge in [0.05, 0.1) is 4.91 Å². The van der Waals surface area contributed by atoms with Gasteiger partial charge in [-0.05, 0) is 24.3 Å². The summed E-state index contributed by atoms with van der Waals surface area (Å²) in [6.07, 6.45) is 5.96. The largest absolute Gasteiger partial charge is 0.260 e. The van der Waals surface area contributed by atoms with E-state index >= 15 is 0 Å². The zero-order valence-electron chi connectivity index (χ0n) is 7.70. The minimum atomic E-state index is -3.53. The lowest BCUT2D eigenvalue weighted by molar-refractivity contribution is 0.467. The first-order chi connectivity index (χ1) is 5.91. The minimum absolute atomic E-state index is 0.228. The van der Waals surface area contributed by atoms with Gasteiger partial charge in [-0.15, -0.1) is 0 Å². The van der Waals surface area contributed by atoms with Crippen LogP contribution in [0.4, 0.5) is 0 Å². The Kier molecular flexibility index (Phi) is 3.19. The van der Waals surface area contributed by atoms with Gasteiger partial charge in [-0.1, -0.05) is 26.0 Å². The molecule has 2 nitrogen and oxygen atoms in total. The fourth-order valence-electron chi connectivity index (χ4n) is 1.29. The molecule has 1 aliphatic carbocycles. The Bertz CT molecular complexity index is 339. The number of allylic oxidation sites excluding steroid dienone is 3. The third kappa shape index (κ3) is 2.85. The second-order valence-electron chi connectivity index (χ2n) is 3.55. The summed E-state index contributed by atoms with van der Waals surface area (Å²) in [5.74, 6) is 0.967. The first-order valence-electron chi connectivity index (χ1n) is 4.24. The molecule has 0 aliphatic heterocycles. The molecule has 4 heteroatoms. The van der Waals surface area contributed by atoms with Gasteiger partial charge >= 0.3 is 0 Å². The topological polar surface area (TPSA) is 34.1 Å². The van der Waals surface area contributed by atoms with Crippen LogP contribution in [0.25, 0.3) is 0 Å². The van der Waals surface area contributed by atoms with Gasteiger partial charge in [0, 0.05) is 10.7 Å². The van der Waals surface area contributed by atoms with Crippen LogP contribution in [0.15, 0.2) is 23.1 Å². The van der Waals surface area contributed by atoms with E-state index in [1.807, 2.05) is 6.08 Å². The number of rotatable bonds is 2. The van der Waals surface area contributed by atoms with Gasteiger partial charge < -0.3 is 0 Å². The summed E-state index contributed by atoms with van der Waals surface area (Å²) >= 11 is 0. The minimum Gasteiger partial charge on any atom is -0.207 e. The van der Waals surface area contributed by atoms with Crippen molar-refractivity contribution in [1.82, 2.24) is 0 Å². The molecule has 1 unspecified atom stereocenters. The van der Waals surface area contributed by atoms with E-state index < -0.39 is 9.05 Å². The van der Waals surface area contributed by atoms with Crippen LogP contribution >= 0.6 is 10.7 Å². The van der Waals surface area contributed by atoms with Crippen LogP contribution in [0.3, 0.4) is 0 Å². The standard InChI is InChI=1S/C9H13ClO2S/c1-7(2)8-3-5-9(6-4-8)13(10,11)12/h3,5-8H,4H2,1-2H3. The number of hydrogen-bond donors (Lipinski definition) is 0. The average Bonchev–Trinajstić information content (AvgIpc) is 2.03. The molecule has 0 heterocycles. The van der Waals surface area contributed by atoms with E-state index in [4.69, 9.17) is 10.7 Å². The van der Waals surface area contributed by atoms with Crippen LogP contribution in [0.5, 0.6) is 0 Å². The van der Waals surface area contributed by atoms with Crippen LogP contribution in [-0.2, 0) is 9.05 Å². The Hall–Kier alpha value is -0.280. The maximum Gasteiger partial charge on any atom is 0.260 e. The molecule has 0 saturated heterocycles. The molecular formula is C9H13ClO2S. The fourth-order valence-corrected chi connectivity index (χ4v) is 2.17. The first-order valence-corrected chi connectivity index (χ1v) is 6.55. The highest BCUT2D eigenvalue weighted by molar-refractivity contribution is 8.17. The van der Waals surface area contributed by atoms with E-state index in [1.54, 1.807) is 12.2 Å². The highest BCUT2D eigenvalue weighted by Gasteiger charge is 2.18. The summed E-state index contributed by atoms with van der Waals surface area (Å²) in [5, 5.41) is 0. The third-order valence-electron chi connectivity index (χ3n) is 2.24. The number of halogens is 1. The molecule has 74 valence electrons. The van der Waals surface area contributed by atoms with Crippen LogP contribution < -0.4 is 0 Å². The lowest BCUT2D eigenvalue weighted by Gasteiger charge is -2.18. The Morgan fingerprint density at radius 2 is 2.15 bits per heavy atom. The third-order valence-corrected chi connectivity index (χ3v) is 3.64. The van der Waals surface area contributed by atoms with E-state index in [9.17, 15) is 8.42 Å². The van der Waals surface area contributed by atoms with Crippen LogP contribution in [0.1, 0.15) is 20.3 Å². The van der Waals surface area contributed by atoms with Crippen LogP contribution in [0.2, 0.25) is 0 Å². The van der Waals surface area contributed by atoms with Gasteiger partial charge in [0.1, 0.15) is 0 Å². The average molecular weight is 221 g/mol. The number of hydrogen-bond acceptors (Lipinski definition) is 2. The maximum absolute atomic E-state index is 10.9. The molecule has 1 rings (SSSR count). The first kappa shape index (κ1) is 10.8. The lowest BCUT2D eigenvalue weighted by Crippen LogP contribution is -2.08. The summed E-state index contributed by atoms with van der Waals surface area (Å²) < 4.78 is 21.8. The molecule has 0 N–H and O–H groups in total. The van der Waals surface area contributed by atoms with Gasteiger partial charge in [0.25, 0.3) is 9.05 Å². The molecule has 0 fully saturated rings. The zero-order valence-corrected chi connectivity index (χ0v) is 9.27. The monoisotopic (exact) mass is 220 g/mol. The zero-order chi connectivity index (χ0) is 10.1. The molecule has 1 aliphatic rings. The maximum atomic E-state index is 10.9. The fraction of sp³-hybridized carbons (Fsp3) is 0.556. The molecule has 0 aromatic carbocycles. The van der Waals surface area contributed by atoms with E-state index in [2.05, 4.69) is 13.8 Å². The van der Waals surface area contributed by atoms with Crippen molar-refractivity contribution in [2.45, 2.75) is 20.3 Å². The molecule has 0 spiro atoms. The highest BCUT2D eigenvalue weighted by atomic mass is 35.7. The van der Waals surface area contributed by atoms with Gasteiger partial charge in [-0.2, -0.15) is 0 Å². The van der Waals surface area contributed by atoms with E-state index in [0.717, 1.165) is 6.42 Å². The molecule has 0 saturated carbocycles. The van der Waals surface area contributed by atoms with Crippen molar-refractivity contribution in [3.63, 3.8) is 0 Å². The smallest absolute Gasteiger partial charge is 0.207 e. The molecule has 0 aromatic heterocycles. The van der Waals surface area contributed by atoms with Gasteiger partial charge in [0.2, 0.25) is 0 Å². The molecule has 0 bridgehead atoms. The summed E-state index contributed by atoms with van der Waals surface area (Å²) in [6, 6.07) is 0. The summed E-state index contributed by atoms with van der Waals surface area (Å²) in [5.41, 5.74) is 0. The van der Waals surface area contributed by atoms with Crippen LogP contribution in [-0.4, -0.2) is 8.42 Å². The predicted molar refractivity (Wildman–Crippen MR) is 54.9 cm³/mol. The van der Waals surface area contributed by atoms with Crippen molar-refractivity contribution in [3.05, 3.63) is 23.1 Å². The molecule has 13 heavy (non-hydrogen) atoms. The lowest BCUT2D eigenvalue weighted by atomic mass is 9.90.